The zero-order valence-electron chi connectivity index (χ0n) is 42.5. The van der Waals surface area contributed by atoms with Crippen LogP contribution in [0.5, 0.6) is 0 Å². The van der Waals surface area contributed by atoms with Crippen molar-refractivity contribution < 1.29 is 28.6 Å². The molecule has 372 valence electrons. The van der Waals surface area contributed by atoms with Crippen molar-refractivity contribution in [2.75, 3.05) is 13.2 Å². The molecule has 0 aromatic heterocycles. The van der Waals surface area contributed by atoms with E-state index in [1.54, 1.807) is 6.08 Å². The highest BCUT2D eigenvalue weighted by Gasteiger charge is 2.19. The van der Waals surface area contributed by atoms with Gasteiger partial charge in [0.15, 0.2) is 6.10 Å². The molecular weight excluding hydrogens is 805 g/mol. The zero-order chi connectivity index (χ0) is 47.2. The maximum atomic E-state index is 12.8. The number of esters is 3. The lowest BCUT2D eigenvalue weighted by molar-refractivity contribution is -0.166. The van der Waals surface area contributed by atoms with Crippen LogP contribution < -0.4 is 0 Å². The Morgan fingerprint density at radius 3 is 1.03 bits per heavy atom. The highest BCUT2D eigenvalue weighted by Crippen LogP contribution is 2.15. The molecule has 6 heteroatoms. The van der Waals surface area contributed by atoms with E-state index in [1.807, 2.05) is 6.08 Å². The summed E-state index contributed by atoms with van der Waals surface area (Å²) < 4.78 is 16.7. The van der Waals surface area contributed by atoms with Crippen molar-refractivity contribution in [3.05, 3.63) is 85.1 Å². The monoisotopic (exact) mass is 905 g/mol. The Labute approximate surface area is 401 Å². The molecule has 0 aliphatic carbocycles. The van der Waals surface area contributed by atoms with Crippen molar-refractivity contribution in [3.8, 4) is 0 Å². The van der Waals surface area contributed by atoms with E-state index in [1.165, 1.54) is 128 Å². The molecule has 0 saturated heterocycles. The average Bonchev–Trinajstić information content (AvgIpc) is 3.30. The van der Waals surface area contributed by atoms with Crippen molar-refractivity contribution in [2.45, 2.75) is 258 Å². The van der Waals surface area contributed by atoms with Crippen LogP contribution in [0.4, 0.5) is 0 Å². The molecule has 0 heterocycles. The lowest BCUT2D eigenvalue weighted by Gasteiger charge is -2.18. The molecule has 0 spiro atoms. The number of unbranched alkanes of at least 4 members (excludes halogenated alkanes) is 24. The molecule has 0 rings (SSSR count). The van der Waals surface area contributed by atoms with Gasteiger partial charge in [0.25, 0.3) is 0 Å². The Morgan fingerprint density at radius 1 is 0.338 bits per heavy atom. The summed E-state index contributed by atoms with van der Waals surface area (Å²) >= 11 is 0. The lowest BCUT2D eigenvalue weighted by atomic mass is 10.0. The van der Waals surface area contributed by atoms with Gasteiger partial charge in [-0.05, 0) is 77.0 Å². The Hall–Kier alpha value is -3.41. The second-order valence-electron chi connectivity index (χ2n) is 17.8. The third kappa shape index (κ3) is 51.4. The van der Waals surface area contributed by atoms with Crippen molar-refractivity contribution in [1.29, 1.82) is 0 Å². The maximum absolute atomic E-state index is 12.8. The van der Waals surface area contributed by atoms with Crippen molar-refractivity contribution in [1.82, 2.24) is 0 Å². The molecule has 0 amide bonds. The minimum Gasteiger partial charge on any atom is -0.462 e. The van der Waals surface area contributed by atoms with Crippen molar-refractivity contribution >= 4 is 17.9 Å². The first-order valence-corrected chi connectivity index (χ1v) is 27.1. The number of ether oxygens (including phenoxy) is 3. The molecule has 0 radical (unpaired) electrons. The van der Waals surface area contributed by atoms with Gasteiger partial charge in [-0.25, -0.2) is 0 Å². The standard InChI is InChI=1S/C59H100O6/c1-4-7-10-13-16-19-22-25-28-29-30-32-34-37-40-43-46-49-52-58(61)64-55-56(54-63-57(60)51-48-45-42-39-36-33-27-24-21-18-15-12-9-6-3)65-59(62)53-50-47-44-41-38-35-31-26-23-20-17-14-11-8-5-2/h8,11,17,19-20,22,26,28-29,31,38,41,47,50,56H,4-7,9-10,12-16,18,21,23-25,27,30,32-37,39-40,42-46,48-49,51-55H2,1-3H3/b11-8-,20-17-,22-19-,29-28-,31-26-,41-38-,50-47-. The minimum absolute atomic E-state index is 0.0958. The van der Waals surface area contributed by atoms with Gasteiger partial charge in [0, 0.05) is 12.8 Å². The molecule has 0 aliphatic heterocycles. The quantitative estimate of drug-likeness (QED) is 0.0262. The molecule has 0 bridgehead atoms. The molecule has 0 aromatic rings. The highest BCUT2D eigenvalue weighted by molar-refractivity contribution is 5.72. The lowest BCUT2D eigenvalue weighted by Crippen LogP contribution is -2.30. The SMILES string of the molecule is CC/C=C\C/C=C\C/C=C\C/C=C\C/C=C\CC(=O)OC(COC(=O)CCCCCCCCC/C=C\C/C=C\CCCCCC)COC(=O)CCCCCCCCCCCCCCCC. The second-order valence-corrected chi connectivity index (χ2v) is 17.8. The van der Waals surface area contributed by atoms with Crippen LogP contribution in [-0.2, 0) is 28.6 Å². The van der Waals surface area contributed by atoms with Gasteiger partial charge in [0.2, 0.25) is 0 Å². The first-order chi connectivity index (χ1) is 32.0. The molecule has 0 aliphatic rings. The summed E-state index contributed by atoms with van der Waals surface area (Å²) in [5, 5.41) is 0. The molecule has 6 nitrogen and oxygen atoms in total. The third-order valence-electron chi connectivity index (χ3n) is 11.4. The van der Waals surface area contributed by atoms with Crippen LogP contribution in [0.3, 0.4) is 0 Å². The summed E-state index contributed by atoms with van der Waals surface area (Å²) in [4.78, 5) is 38.0. The topological polar surface area (TPSA) is 78.9 Å². The highest BCUT2D eigenvalue weighted by atomic mass is 16.6. The number of carbonyl (C=O) groups is 3. The fourth-order valence-corrected chi connectivity index (χ4v) is 7.37. The van der Waals surface area contributed by atoms with E-state index in [0.29, 0.717) is 12.8 Å². The maximum Gasteiger partial charge on any atom is 0.310 e. The average molecular weight is 905 g/mol. The van der Waals surface area contributed by atoms with Gasteiger partial charge in [-0.1, -0.05) is 241 Å². The van der Waals surface area contributed by atoms with E-state index in [2.05, 4.69) is 93.7 Å². The summed E-state index contributed by atoms with van der Waals surface area (Å²) in [6, 6.07) is 0. The number of rotatable bonds is 48. The molecule has 0 aromatic carbocycles. The number of hydrogen-bond donors (Lipinski definition) is 0. The molecule has 0 N–H and O–H groups in total. The van der Waals surface area contributed by atoms with E-state index in [0.717, 1.165) is 83.5 Å². The molecule has 1 unspecified atom stereocenters. The van der Waals surface area contributed by atoms with Gasteiger partial charge in [-0.3, -0.25) is 14.4 Å². The number of hydrogen-bond acceptors (Lipinski definition) is 6. The smallest absolute Gasteiger partial charge is 0.310 e. The van der Waals surface area contributed by atoms with Crippen LogP contribution in [0.25, 0.3) is 0 Å². The Balaban J connectivity index is 4.49. The fourth-order valence-electron chi connectivity index (χ4n) is 7.37. The summed E-state index contributed by atoms with van der Waals surface area (Å²) in [6.07, 6.45) is 68.8. The van der Waals surface area contributed by atoms with E-state index in [9.17, 15) is 14.4 Å². The molecular formula is C59H100O6. The molecule has 0 saturated carbocycles. The first-order valence-electron chi connectivity index (χ1n) is 27.1. The number of allylic oxidation sites excluding steroid dienone is 13. The van der Waals surface area contributed by atoms with E-state index < -0.39 is 12.1 Å². The third-order valence-corrected chi connectivity index (χ3v) is 11.4. The normalized spacial score (nSPS) is 12.7. The van der Waals surface area contributed by atoms with Crippen LogP contribution >= 0.6 is 0 Å². The Morgan fingerprint density at radius 2 is 0.646 bits per heavy atom. The Bertz CT molecular complexity index is 1270. The van der Waals surface area contributed by atoms with Gasteiger partial charge in [-0.15, -0.1) is 0 Å². The van der Waals surface area contributed by atoms with Gasteiger partial charge in [-0.2, -0.15) is 0 Å². The van der Waals surface area contributed by atoms with Gasteiger partial charge in [0.05, 0.1) is 6.42 Å². The molecule has 0 fully saturated rings. The van der Waals surface area contributed by atoms with Crippen LogP contribution in [0.1, 0.15) is 252 Å². The fraction of sp³-hybridized carbons (Fsp3) is 0.712. The van der Waals surface area contributed by atoms with Crippen LogP contribution in [0, 0.1) is 0 Å². The van der Waals surface area contributed by atoms with Crippen LogP contribution in [0.2, 0.25) is 0 Å². The predicted molar refractivity (Wildman–Crippen MR) is 279 cm³/mol. The van der Waals surface area contributed by atoms with Crippen molar-refractivity contribution in [2.24, 2.45) is 0 Å². The first kappa shape index (κ1) is 61.6. The van der Waals surface area contributed by atoms with Crippen molar-refractivity contribution in [3.63, 3.8) is 0 Å². The molecule has 65 heavy (non-hydrogen) atoms. The summed E-state index contributed by atoms with van der Waals surface area (Å²) in [7, 11) is 0. The zero-order valence-corrected chi connectivity index (χ0v) is 42.5. The Kier molecular flexibility index (Phi) is 50.4. The number of carbonyl (C=O) groups excluding carboxylic acids is 3. The summed E-state index contributed by atoms with van der Waals surface area (Å²) in [5.74, 6) is -1.05. The van der Waals surface area contributed by atoms with Crippen LogP contribution in [0.15, 0.2) is 85.1 Å². The van der Waals surface area contributed by atoms with E-state index in [4.69, 9.17) is 14.2 Å². The largest absolute Gasteiger partial charge is 0.462 e. The molecule has 1 atom stereocenters. The predicted octanol–water partition coefficient (Wildman–Crippen LogP) is 18.0. The minimum atomic E-state index is -0.832. The van der Waals surface area contributed by atoms with Gasteiger partial charge >= 0.3 is 17.9 Å². The van der Waals surface area contributed by atoms with Gasteiger partial charge in [0.1, 0.15) is 13.2 Å². The van der Waals surface area contributed by atoms with E-state index in [-0.39, 0.29) is 31.6 Å². The van der Waals surface area contributed by atoms with Gasteiger partial charge < -0.3 is 14.2 Å². The van der Waals surface area contributed by atoms with E-state index >= 15 is 0 Å². The van der Waals surface area contributed by atoms with Crippen LogP contribution in [-0.4, -0.2) is 37.2 Å². The second kappa shape index (κ2) is 53.2. The summed E-state index contributed by atoms with van der Waals surface area (Å²) in [6.45, 7) is 6.43. The summed E-state index contributed by atoms with van der Waals surface area (Å²) in [5.41, 5.74) is 0.